The van der Waals surface area contributed by atoms with Crippen molar-refractivity contribution in [2.75, 3.05) is 18.0 Å². The van der Waals surface area contributed by atoms with Crippen LogP contribution >= 0.6 is 0 Å². The van der Waals surface area contributed by atoms with Gasteiger partial charge in [-0.25, -0.2) is 9.97 Å². The summed E-state index contributed by atoms with van der Waals surface area (Å²) in [5.41, 5.74) is 7.54. The fourth-order valence-corrected chi connectivity index (χ4v) is 3.56. The van der Waals surface area contributed by atoms with Gasteiger partial charge in [-0.2, -0.15) is 0 Å². The van der Waals surface area contributed by atoms with Gasteiger partial charge in [-0.1, -0.05) is 0 Å². The van der Waals surface area contributed by atoms with Crippen molar-refractivity contribution < 1.29 is 19.1 Å². The average Bonchev–Trinajstić information content (AvgIpc) is 2.70. The number of amides is 1. The lowest BCUT2D eigenvalue weighted by atomic mass is 9.92. The summed E-state index contributed by atoms with van der Waals surface area (Å²) in [7, 11) is 0. The minimum atomic E-state index is -0.749. The van der Waals surface area contributed by atoms with E-state index in [2.05, 4.69) is 14.9 Å². The third-order valence-corrected chi connectivity index (χ3v) is 5.04. The molecule has 1 amide bonds. The lowest BCUT2D eigenvalue weighted by Gasteiger charge is -2.33. The van der Waals surface area contributed by atoms with Crippen LogP contribution in [0.3, 0.4) is 0 Å². The summed E-state index contributed by atoms with van der Waals surface area (Å²) >= 11 is 0. The SMILES string of the molecule is CC(=O)Oc1c(C)nc(CC2CCN(c3ccc(C=O)cc3)CC2)nc1C(N)=O. The fourth-order valence-electron chi connectivity index (χ4n) is 3.56. The van der Waals surface area contributed by atoms with Crippen LogP contribution in [0.1, 0.15) is 52.1 Å². The molecule has 0 spiro atoms. The minimum Gasteiger partial charge on any atom is -0.422 e. The van der Waals surface area contributed by atoms with Crippen molar-refractivity contribution in [2.24, 2.45) is 11.7 Å². The van der Waals surface area contributed by atoms with Gasteiger partial charge in [-0.3, -0.25) is 14.4 Å². The first-order valence-corrected chi connectivity index (χ1v) is 9.53. The molecule has 0 unspecified atom stereocenters. The van der Waals surface area contributed by atoms with E-state index in [0.717, 1.165) is 37.9 Å². The van der Waals surface area contributed by atoms with E-state index in [1.165, 1.54) is 6.92 Å². The lowest BCUT2D eigenvalue weighted by molar-refractivity contribution is -0.132. The molecule has 0 bridgehead atoms. The molecule has 1 aromatic carbocycles. The quantitative estimate of drug-likeness (QED) is 0.587. The summed E-state index contributed by atoms with van der Waals surface area (Å²) in [6.07, 6.45) is 3.37. The maximum absolute atomic E-state index is 11.8. The van der Waals surface area contributed by atoms with Gasteiger partial charge < -0.3 is 15.4 Å². The molecule has 1 fully saturated rings. The maximum Gasteiger partial charge on any atom is 0.308 e. The number of hydrogen-bond donors (Lipinski definition) is 1. The zero-order valence-electron chi connectivity index (χ0n) is 16.6. The average molecular weight is 396 g/mol. The molecule has 2 N–H and O–H groups in total. The van der Waals surface area contributed by atoms with Crippen LogP contribution in [0.5, 0.6) is 5.75 Å². The monoisotopic (exact) mass is 396 g/mol. The molecular weight excluding hydrogens is 372 g/mol. The second-order valence-electron chi connectivity index (χ2n) is 7.20. The number of aromatic nitrogens is 2. The minimum absolute atomic E-state index is 0.0299. The Morgan fingerprint density at radius 1 is 1.21 bits per heavy atom. The van der Waals surface area contributed by atoms with Crippen LogP contribution in [-0.2, 0) is 11.2 Å². The van der Waals surface area contributed by atoms with Crippen LogP contribution in [0.15, 0.2) is 24.3 Å². The van der Waals surface area contributed by atoms with Gasteiger partial charge in [-0.05, 0) is 49.9 Å². The molecule has 1 aromatic heterocycles. The Morgan fingerprint density at radius 3 is 2.41 bits per heavy atom. The van der Waals surface area contributed by atoms with Crippen LogP contribution in [0.25, 0.3) is 0 Å². The third-order valence-electron chi connectivity index (χ3n) is 5.04. The first-order chi connectivity index (χ1) is 13.9. The van der Waals surface area contributed by atoms with Gasteiger partial charge in [-0.15, -0.1) is 0 Å². The molecule has 152 valence electrons. The summed E-state index contributed by atoms with van der Waals surface area (Å²) in [5.74, 6) is -0.370. The molecule has 2 heterocycles. The highest BCUT2D eigenvalue weighted by Crippen LogP contribution is 2.27. The van der Waals surface area contributed by atoms with E-state index in [1.807, 2.05) is 24.3 Å². The van der Waals surface area contributed by atoms with E-state index in [9.17, 15) is 14.4 Å². The zero-order chi connectivity index (χ0) is 21.0. The number of primary amides is 1. The Hall–Kier alpha value is -3.29. The predicted octanol–water partition coefficient (Wildman–Crippen LogP) is 2.08. The van der Waals surface area contributed by atoms with Crippen LogP contribution < -0.4 is 15.4 Å². The Bertz CT molecular complexity index is 919. The Morgan fingerprint density at radius 2 is 1.86 bits per heavy atom. The van der Waals surface area contributed by atoms with Gasteiger partial charge in [0.25, 0.3) is 5.91 Å². The molecule has 0 aliphatic carbocycles. The van der Waals surface area contributed by atoms with Crippen molar-refractivity contribution in [3.8, 4) is 5.75 Å². The number of ether oxygens (including phenoxy) is 1. The number of esters is 1. The molecule has 2 aromatic rings. The van der Waals surface area contributed by atoms with Gasteiger partial charge in [0.15, 0.2) is 11.4 Å². The Balaban J connectivity index is 1.67. The number of carbonyl (C=O) groups excluding carboxylic acids is 3. The number of benzene rings is 1. The van der Waals surface area contributed by atoms with Crippen LogP contribution in [-0.4, -0.2) is 41.2 Å². The lowest BCUT2D eigenvalue weighted by Crippen LogP contribution is -2.34. The highest BCUT2D eigenvalue weighted by Gasteiger charge is 2.24. The van der Waals surface area contributed by atoms with E-state index in [4.69, 9.17) is 10.5 Å². The maximum atomic E-state index is 11.8. The molecule has 1 saturated heterocycles. The third kappa shape index (κ3) is 4.96. The zero-order valence-corrected chi connectivity index (χ0v) is 16.6. The smallest absolute Gasteiger partial charge is 0.308 e. The largest absolute Gasteiger partial charge is 0.422 e. The number of piperidine rings is 1. The second kappa shape index (κ2) is 8.81. The number of aryl methyl sites for hydroxylation is 1. The molecule has 1 aliphatic rings. The second-order valence-corrected chi connectivity index (χ2v) is 7.20. The summed E-state index contributed by atoms with van der Waals surface area (Å²) in [4.78, 5) is 44.8. The molecule has 3 rings (SSSR count). The number of nitrogens with two attached hydrogens (primary N) is 1. The number of rotatable bonds is 6. The molecule has 0 atom stereocenters. The number of anilines is 1. The van der Waals surface area contributed by atoms with Crippen LogP contribution in [0, 0.1) is 12.8 Å². The van der Waals surface area contributed by atoms with Crippen molar-refractivity contribution >= 4 is 23.9 Å². The standard InChI is InChI=1S/C21H24N4O4/c1-13-20(29-14(2)27)19(21(22)28)24-18(23-13)11-15-7-9-25(10-8-15)17-5-3-16(12-26)4-6-17/h3-6,12,15H,7-11H2,1-2H3,(H2,22,28). The van der Waals surface area contributed by atoms with Gasteiger partial charge in [0.05, 0.1) is 5.69 Å². The fraction of sp³-hybridized carbons (Fsp3) is 0.381. The number of nitrogens with zero attached hydrogens (tertiary/aromatic N) is 3. The van der Waals surface area contributed by atoms with Crippen LogP contribution in [0.4, 0.5) is 5.69 Å². The summed E-state index contributed by atoms with van der Waals surface area (Å²) in [6, 6.07) is 7.56. The van der Waals surface area contributed by atoms with E-state index in [-0.39, 0.29) is 11.4 Å². The highest BCUT2D eigenvalue weighted by atomic mass is 16.5. The van der Waals surface area contributed by atoms with E-state index in [1.54, 1.807) is 6.92 Å². The van der Waals surface area contributed by atoms with Crippen molar-refractivity contribution in [1.29, 1.82) is 0 Å². The number of carbonyl (C=O) groups is 3. The van der Waals surface area contributed by atoms with E-state index < -0.39 is 11.9 Å². The highest BCUT2D eigenvalue weighted by molar-refractivity contribution is 5.94. The predicted molar refractivity (Wildman–Crippen MR) is 107 cm³/mol. The molecule has 29 heavy (non-hydrogen) atoms. The van der Waals surface area contributed by atoms with Crippen molar-refractivity contribution in [3.05, 3.63) is 47.0 Å². The number of hydrogen-bond acceptors (Lipinski definition) is 7. The summed E-state index contributed by atoms with van der Waals surface area (Å²) in [5, 5.41) is 0. The van der Waals surface area contributed by atoms with Gasteiger partial charge in [0, 0.05) is 37.7 Å². The van der Waals surface area contributed by atoms with Gasteiger partial charge in [0.1, 0.15) is 12.1 Å². The summed E-state index contributed by atoms with van der Waals surface area (Å²) in [6.45, 7) is 4.69. The summed E-state index contributed by atoms with van der Waals surface area (Å²) < 4.78 is 5.07. The van der Waals surface area contributed by atoms with Gasteiger partial charge >= 0.3 is 5.97 Å². The molecule has 1 aliphatic heterocycles. The first-order valence-electron chi connectivity index (χ1n) is 9.53. The topological polar surface area (TPSA) is 115 Å². The van der Waals surface area contributed by atoms with Crippen molar-refractivity contribution in [3.63, 3.8) is 0 Å². The van der Waals surface area contributed by atoms with Gasteiger partial charge in [0.2, 0.25) is 0 Å². The molecule has 0 saturated carbocycles. The molecule has 8 nitrogen and oxygen atoms in total. The van der Waals surface area contributed by atoms with Crippen molar-refractivity contribution in [2.45, 2.75) is 33.1 Å². The molecule has 8 heteroatoms. The van der Waals surface area contributed by atoms with Crippen LogP contribution in [0.2, 0.25) is 0 Å². The molecular formula is C21H24N4O4. The Kier molecular flexibility index (Phi) is 6.21. The first kappa shape index (κ1) is 20.4. The Labute approximate surface area is 169 Å². The number of aldehydes is 1. The van der Waals surface area contributed by atoms with E-state index in [0.29, 0.717) is 29.4 Å². The van der Waals surface area contributed by atoms with Crippen molar-refractivity contribution in [1.82, 2.24) is 9.97 Å². The normalized spacial score (nSPS) is 14.5. The molecule has 0 radical (unpaired) electrons. The van der Waals surface area contributed by atoms with E-state index >= 15 is 0 Å².